The molecule has 0 spiro atoms. The van der Waals surface area contributed by atoms with Crippen LogP contribution in [0.15, 0.2) is 27.8 Å². The van der Waals surface area contributed by atoms with E-state index in [0.29, 0.717) is 17.1 Å². The molecule has 90 valence electrons. The zero-order chi connectivity index (χ0) is 12.3. The molecule has 1 aliphatic heterocycles. The van der Waals surface area contributed by atoms with Crippen LogP contribution >= 0.6 is 11.3 Å². The summed E-state index contributed by atoms with van der Waals surface area (Å²) in [7, 11) is 1.34. The highest BCUT2D eigenvalue weighted by Crippen LogP contribution is 2.13. The summed E-state index contributed by atoms with van der Waals surface area (Å²) in [5.41, 5.74) is 6.71. The van der Waals surface area contributed by atoms with Crippen molar-refractivity contribution in [2.75, 3.05) is 20.2 Å². The second kappa shape index (κ2) is 5.07. The quantitative estimate of drug-likeness (QED) is 0.732. The Balaban J connectivity index is 2.22. The highest BCUT2D eigenvalue weighted by atomic mass is 32.1. The molecule has 0 aromatic carbocycles. The minimum atomic E-state index is -0.403. The number of nitrogens with one attached hydrogen (secondary N) is 1. The number of ether oxygens (including phenoxy) is 1. The van der Waals surface area contributed by atoms with E-state index in [9.17, 15) is 4.79 Å². The van der Waals surface area contributed by atoms with Crippen molar-refractivity contribution in [2.45, 2.75) is 0 Å². The minimum Gasteiger partial charge on any atom is -0.466 e. The highest BCUT2D eigenvalue weighted by Gasteiger charge is 2.21. The van der Waals surface area contributed by atoms with E-state index >= 15 is 0 Å². The summed E-state index contributed by atoms with van der Waals surface area (Å²) in [6, 6.07) is 0. The molecule has 17 heavy (non-hydrogen) atoms. The molecule has 0 fully saturated rings. The Hall–Kier alpha value is -1.73. The molecule has 0 aliphatic carbocycles. The fraction of sp³-hybridized carbons (Fsp3) is 0.300. The lowest BCUT2D eigenvalue weighted by molar-refractivity contribution is -0.136. The molecule has 2 rings (SSSR count). The van der Waals surface area contributed by atoms with Crippen LogP contribution in [0, 0.1) is 0 Å². The van der Waals surface area contributed by atoms with Gasteiger partial charge in [0, 0.05) is 23.8 Å². The van der Waals surface area contributed by atoms with Crippen molar-refractivity contribution in [3.8, 4) is 0 Å². The molecule has 7 heteroatoms. The monoisotopic (exact) mass is 252 g/mol. The molecule has 3 N–H and O–H groups in total. The molecule has 0 saturated heterocycles. The molecule has 1 aromatic heterocycles. The Labute approximate surface area is 102 Å². The number of hydrogen-bond donors (Lipinski definition) is 2. The van der Waals surface area contributed by atoms with E-state index in [4.69, 9.17) is 5.73 Å². The maximum Gasteiger partial charge on any atom is 0.337 e. The lowest BCUT2D eigenvalue weighted by atomic mass is 10.1. The average molecular weight is 252 g/mol. The number of nitrogens with two attached hydrogens (primary N) is 1. The third-order valence-corrected chi connectivity index (χ3v) is 3.08. The second-order valence-electron chi connectivity index (χ2n) is 3.28. The topological polar surface area (TPSA) is 89.6 Å². The molecule has 1 aromatic rings. The first kappa shape index (κ1) is 11.7. The van der Waals surface area contributed by atoms with Crippen molar-refractivity contribution >= 4 is 23.1 Å². The van der Waals surface area contributed by atoms with Crippen LogP contribution in [0.25, 0.3) is 0 Å². The van der Waals surface area contributed by atoms with Gasteiger partial charge in [-0.15, -0.1) is 11.3 Å². The number of methoxy groups -OCH3 is 1. The van der Waals surface area contributed by atoms with E-state index in [-0.39, 0.29) is 13.1 Å². The summed E-state index contributed by atoms with van der Waals surface area (Å²) in [4.78, 5) is 19.9. The number of nitrogens with zero attached hydrogens (tertiary/aromatic N) is 2. The van der Waals surface area contributed by atoms with Crippen LogP contribution in [0.4, 0.5) is 0 Å². The summed E-state index contributed by atoms with van der Waals surface area (Å²) >= 11 is 1.47. The van der Waals surface area contributed by atoms with Crippen LogP contribution in [0.2, 0.25) is 0 Å². The number of rotatable bonds is 3. The Bertz CT molecular complexity index is 479. The summed E-state index contributed by atoms with van der Waals surface area (Å²) in [6.07, 6.45) is 1.70. The Morgan fingerprint density at radius 3 is 3.12 bits per heavy atom. The molecule has 6 nitrogen and oxygen atoms in total. The average Bonchev–Trinajstić information content (AvgIpc) is 2.91. The van der Waals surface area contributed by atoms with Crippen molar-refractivity contribution in [1.29, 1.82) is 0 Å². The summed E-state index contributed by atoms with van der Waals surface area (Å²) in [5, 5.41) is 5.66. The molecule has 0 bridgehead atoms. The van der Waals surface area contributed by atoms with E-state index in [1.165, 1.54) is 18.4 Å². The number of carbonyl (C=O) groups excluding carboxylic acids is 1. The largest absolute Gasteiger partial charge is 0.466 e. The van der Waals surface area contributed by atoms with Gasteiger partial charge >= 0.3 is 5.97 Å². The third-order valence-electron chi connectivity index (χ3n) is 2.30. The van der Waals surface area contributed by atoms with Crippen LogP contribution in [0.1, 0.15) is 5.01 Å². The molecule has 2 heterocycles. The molecule has 0 amide bonds. The number of carbonyl (C=O) groups is 1. The molecule has 0 unspecified atom stereocenters. The van der Waals surface area contributed by atoms with Crippen molar-refractivity contribution in [3.63, 3.8) is 0 Å². The first-order chi connectivity index (χ1) is 8.26. The maximum atomic E-state index is 11.5. The van der Waals surface area contributed by atoms with Crippen molar-refractivity contribution in [1.82, 2.24) is 10.3 Å². The number of thiazole rings is 1. The van der Waals surface area contributed by atoms with E-state index < -0.39 is 5.97 Å². The smallest absolute Gasteiger partial charge is 0.337 e. The van der Waals surface area contributed by atoms with Gasteiger partial charge in [0.05, 0.1) is 19.2 Å². The molecule has 0 radical (unpaired) electrons. The predicted octanol–water partition coefficient (Wildman–Crippen LogP) is -0.121. The first-order valence-corrected chi connectivity index (χ1v) is 5.86. The second-order valence-corrected chi connectivity index (χ2v) is 4.17. The Morgan fingerprint density at radius 2 is 2.53 bits per heavy atom. The lowest BCUT2D eigenvalue weighted by Crippen LogP contribution is -2.35. The predicted molar refractivity (Wildman–Crippen MR) is 64.8 cm³/mol. The molecular weight excluding hydrogens is 240 g/mol. The van der Waals surface area contributed by atoms with Crippen molar-refractivity contribution < 1.29 is 9.53 Å². The minimum absolute atomic E-state index is 0.231. The number of esters is 1. The van der Waals surface area contributed by atoms with Gasteiger partial charge < -0.3 is 15.8 Å². The maximum absolute atomic E-state index is 11.5. The third kappa shape index (κ3) is 2.34. The normalized spacial score (nSPS) is 15.3. The zero-order valence-electron chi connectivity index (χ0n) is 9.27. The fourth-order valence-electron chi connectivity index (χ4n) is 1.46. The molecule has 0 saturated carbocycles. The van der Waals surface area contributed by atoms with Crippen LogP contribution in [0.5, 0.6) is 0 Å². The van der Waals surface area contributed by atoms with Crippen LogP contribution in [-0.2, 0) is 9.53 Å². The summed E-state index contributed by atoms with van der Waals surface area (Å²) < 4.78 is 4.67. The zero-order valence-corrected chi connectivity index (χ0v) is 10.1. The SMILES string of the molecule is COC(=O)C1=C(CN)NC(c2nccs2)=NC1. The van der Waals surface area contributed by atoms with Gasteiger partial charge in [0.25, 0.3) is 0 Å². The molecule has 1 aliphatic rings. The van der Waals surface area contributed by atoms with Gasteiger partial charge in [-0.2, -0.15) is 0 Å². The van der Waals surface area contributed by atoms with Gasteiger partial charge in [0.1, 0.15) is 0 Å². The van der Waals surface area contributed by atoms with E-state index in [0.717, 1.165) is 5.01 Å². The van der Waals surface area contributed by atoms with Gasteiger partial charge in [-0.05, 0) is 0 Å². The van der Waals surface area contributed by atoms with Crippen molar-refractivity contribution in [2.24, 2.45) is 10.7 Å². The van der Waals surface area contributed by atoms with Gasteiger partial charge in [-0.3, -0.25) is 4.99 Å². The lowest BCUT2D eigenvalue weighted by Gasteiger charge is -2.18. The van der Waals surface area contributed by atoms with Crippen molar-refractivity contribution in [3.05, 3.63) is 27.9 Å². The van der Waals surface area contributed by atoms with Gasteiger partial charge in [-0.25, -0.2) is 9.78 Å². The number of amidine groups is 1. The van der Waals surface area contributed by atoms with E-state index in [1.807, 2.05) is 5.38 Å². The fourth-order valence-corrected chi connectivity index (χ4v) is 2.06. The van der Waals surface area contributed by atoms with Gasteiger partial charge in [0.15, 0.2) is 10.8 Å². The van der Waals surface area contributed by atoms with Gasteiger partial charge in [0.2, 0.25) is 0 Å². The van der Waals surface area contributed by atoms with Crippen LogP contribution < -0.4 is 11.1 Å². The number of aromatic nitrogens is 1. The molecular formula is C10H12N4O2S. The van der Waals surface area contributed by atoms with Crippen LogP contribution in [-0.4, -0.2) is 37.0 Å². The molecule has 0 atom stereocenters. The standard InChI is InChI=1S/C10H12N4O2S/c1-16-10(15)6-5-13-8(14-7(6)4-11)9-12-2-3-17-9/h2-3H,4-5,11H2,1H3,(H,13,14). The Kier molecular flexibility index (Phi) is 3.50. The number of hydrogen-bond acceptors (Lipinski definition) is 7. The van der Waals surface area contributed by atoms with Gasteiger partial charge in [-0.1, -0.05) is 0 Å². The van der Waals surface area contributed by atoms with Crippen LogP contribution in [0.3, 0.4) is 0 Å². The van der Waals surface area contributed by atoms with E-state index in [1.54, 1.807) is 6.20 Å². The van der Waals surface area contributed by atoms with E-state index in [2.05, 4.69) is 20.0 Å². The highest BCUT2D eigenvalue weighted by molar-refractivity contribution is 7.11. The summed E-state index contributed by atoms with van der Waals surface area (Å²) in [6.45, 7) is 0.496. The number of aliphatic imine (C=N–C) groups is 1. The first-order valence-electron chi connectivity index (χ1n) is 4.98. The summed E-state index contributed by atoms with van der Waals surface area (Å²) in [5.74, 6) is 0.244. The Morgan fingerprint density at radius 1 is 1.71 bits per heavy atom.